The highest BCUT2D eigenvalue weighted by Crippen LogP contribution is 2.37. The Morgan fingerprint density at radius 1 is 1.21 bits per heavy atom. The fraction of sp³-hybridized carbons (Fsp3) is 0.471. The van der Waals surface area contributed by atoms with E-state index in [1.165, 1.54) is 42.6 Å². The van der Waals surface area contributed by atoms with Gasteiger partial charge in [-0.05, 0) is 55.5 Å². The molecule has 5 nitrogen and oxygen atoms in total. The topological polar surface area (TPSA) is 58.1 Å². The number of carbonyl (C=O) groups excluding carboxylic acids is 1. The van der Waals surface area contributed by atoms with Gasteiger partial charge in [0.15, 0.2) is 0 Å². The third-order valence-electron chi connectivity index (χ3n) is 4.83. The van der Waals surface area contributed by atoms with E-state index in [0.717, 1.165) is 24.3 Å². The number of nitrogens with one attached hydrogen (secondary N) is 1. The first-order valence-corrected chi connectivity index (χ1v) is 10.0. The zero-order chi connectivity index (χ0) is 16.4. The summed E-state index contributed by atoms with van der Waals surface area (Å²) in [6.07, 6.45) is 6.10. The van der Waals surface area contributed by atoms with Crippen LogP contribution < -0.4 is 5.32 Å². The van der Waals surface area contributed by atoms with Crippen molar-refractivity contribution in [1.82, 2.24) is 14.3 Å². The first-order chi connectivity index (χ1) is 11.8. The Kier molecular flexibility index (Phi) is 4.71. The smallest absolute Gasteiger partial charge is 0.321 e. The second-order valence-corrected chi connectivity index (χ2v) is 8.11. The van der Waals surface area contributed by atoms with Crippen LogP contribution in [0.15, 0.2) is 40.4 Å². The van der Waals surface area contributed by atoms with Gasteiger partial charge in [-0.2, -0.15) is 9.36 Å². The first kappa shape index (κ1) is 15.9. The molecule has 1 N–H and O–H groups in total. The molecule has 2 aliphatic rings. The maximum absolute atomic E-state index is 12.6. The summed E-state index contributed by atoms with van der Waals surface area (Å²) in [5.74, 6) is 0.705. The fourth-order valence-corrected chi connectivity index (χ4v) is 4.84. The number of rotatable bonds is 4. The van der Waals surface area contributed by atoms with Crippen molar-refractivity contribution in [3.05, 3.63) is 30.3 Å². The van der Waals surface area contributed by atoms with Gasteiger partial charge in [0.05, 0.1) is 0 Å². The first-order valence-electron chi connectivity index (χ1n) is 8.44. The van der Waals surface area contributed by atoms with Crippen LogP contribution in [0.25, 0.3) is 0 Å². The van der Waals surface area contributed by atoms with E-state index in [1.54, 1.807) is 0 Å². The minimum Gasteiger partial charge on any atom is -0.321 e. The molecule has 1 atom stereocenters. The minimum atomic E-state index is -0.0168. The van der Waals surface area contributed by atoms with Crippen LogP contribution >= 0.6 is 23.3 Å². The van der Waals surface area contributed by atoms with Gasteiger partial charge in [-0.3, -0.25) is 5.32 Å². The van der Waals surface area contributed by atoms with Crippen molar-refractivity contribution >= 4 is 34.5 Å². The number of nitrogens with zero attached hydrogens (tertiary/aromatic N) is 3. The van der Waals surface area contributed by atoms with Crippen molar-refractivity contribution in [1.29, 1.82) is 0 Å². The van der Waals surface area contributed by atoms with Crippen LogP contribution in [0, 0.1) is 5.92 Å². The highest BCUT2D eigenvalue weighted by atomic mass is 32.2. The van der Waals surface area contributed by atoms with Gasteiger partial charge >= 0.3 is 6.03 Å². The van der Waals surface area contributed by atoms with E-state index in [9.17, 15) is 4.79 Å². The molecule has 2 fully saturated rings. The Hall–Kier alpha value is -1.60. The van der Waals surface area contributed by atoms with Crippen molar-refractivity contribution in [2.45, 2.75) is 48.2 Å². The predicted molar refractivity (Wildman–Crippen MR) is 96.6 cm³/mol. The lowest BCUT2D eigenvalue weighted by Crippen LogP contribution is -2.44. The molecular formula is C17H20N4OS2. The van der Waals surface area contributed by atoms with Gasteiger partial charge in [0.25, 0.3) is 0 Å². The molecule has 2 amide bonds. The molecule has 0 bridgehead atoms. The van der Waals surface area contributed by atoms with Crippen LogP contribution in [0.1, 0.15) is 32.1 Å². The van der Waals surface area contributed by atoms with Crippen LogP contribution in [0.3, 0.4) is 0 Å². The highest BCUT2D eigenvalue weighted by Gasteiger charge is 2.37. The average molecular weight is 361 g/mol. The molecule has 0 spiro atoms. The number of hydrogen-bond acceptors (Lipinski definition) is 5. The van der Waals surface area contributed by atoms with Gasteiger partial charge in [-0.15, -0.1) is 0 Å². The molecule has 2 aromatic rings. The van der Waals surface area contributed by atoms with Crippen molar-refractivity contribution < 1.29 is 4.79 Å². The second kappa shape index (κ2) is 7.11. The van der Waals surface area contributed by atoms with E-state index in [1.807, 2.05) is 35.2 Å². The molecule has 2 heterocycles. The molecule has 1 aliphatic carbocycles. The Balaban J connectivity index is 1.37. The van der Waals surface area contributed by atoms with E-state index in [4.69, 9.17) is 0 Å². The molecule has 4 rings (SSSR count). The maximum atomic E-state index is 12.6. The van der Waals surface area contributed by atoms with Crippen molar-refractivity contribution in [2.24, 2.45) is 5.92 Å². The summed E-state index contributed by atoms with van der Waals surface area (Å²) in [7, 11) is 0. The van der Waals surface area contributed by atoms with E-state index >= 15 is 0 Å². The molecule has 0 radical (unpaired) electrons. The number of amides is 2. The third kappa shape index (κ3) is 3.42. The number of anilines is 1. The fourth-order valence-electron chi connectivity index (χ4n) is 3.42. The number of carbonyl (C=O) groups is 1. The lowest BCUT2D eigenvalue weighted by Gasteiger charge is -2.36. The summed E-state index contributed by atoms with van der Waals surface area (Å²) in [4.78, 5) is 20.1. The zero-order valence-corrected chi connectivity index (χ0v) is 15.0. The predicted octanol–water partition coefficient (Wildman–Crippen LogP) is 4.49. The Bertz CT molecular complexity index is 702. The molecule has 1 aromatic carbocycles. The summed E-state index contributed by atoms with van der Waals surface area (Å²) >= 11 is 2.75. The van der Waals surface area contributed by atoms with Gasteiger partial charge < -0.3 is 4.90 Å². The Morgan fingerprint density at radius 2 is 2.04 bits per heavy atom. The van der Waals surface area contributed by atoms with Crippen molar-refractivity contribution in [3.63, 3.8) is 0 Å². The molecule has 1 unspecified atom stereocenters. The minimum absolute atomic E-state index is 0.0168. The van der Waals surface area contributed by atoms with Crippen LogP contribution in [-0.2, 0) is 0 Å². The standard InChI is InChI=1S/C17H20N4OS2/c22-17(21-11-5-10-14(21)12-6-4-7-12)19-15-18-16(20-24-15)23-13-8-2-1-3-9-13/h1-3,8-9,12,14H,4-7,10-11H2,(H,18,19,20,22). The summed E-state index contributed by atoms with van der Waals surface area (Å²) < 4.78 is 4.33. The number of hydrogen-bond donors (Lipinski definition) is 1. The van der Waals surface area contributed by atoms with E-state index in [-0.39, 0.29) is 6.03 Å². The molecular weight excluding hydrogens is 340 g/mol. The summed E-state index contributed by atoms with van der Waals surface area (Å²) in [6.45, 7) is 0.859. The summed E-state index contributed by atoms with van der Waals surface area (Å²) in [6, 6.07) is 10.4. The molecule has 24 heavy (non-hydrogen) atoms. The third-order valence-corrected chi connectivity index (χ3v) is 6.45. The SMILES string of the molecule is O=C(Nc1nc(Sc2ccccc2)ns1)N1CCCC1C1CCC1. The molecule has 1 saturated carbocycles. The lowest BCUT2D eigenvalue weighted by molar-refractivity contribution is 0.148. The van der Waals surface area contributed by atoms with Crippen LogP contribution in [-0.4, -0.2) is 32.9 Å². The average Bonchev–Trinajstić information content (AvgIpc) is 3.16. The van der Waals surface area contributed by atoms with Crippen molar-refractivity contribution in [2.75, 3.05) is 11.9 Å². The lowest BCUT2D eigenvalue weighted by atomic mass is 9.79. The maximum Gasteiger partial charge on any atom is 0.323 e. The monoisotopic (exact) mass is 360 g/mol. The number of likely N-dealkylation sites (tertiary alicyclic amines) is 1. The van der Waals surface area contributed by atoms with Gasteiger partial charge in [0.2, 0.25) is 10.3 Å². The highest BCUT2D eigenvalue weighted by molar-refractivity contribution is 7.99. The van der Waals surface area contributed by atoms with Crippen LogP contribution in [0.5, 0.6) is 0 Å². The summed E-state index contributed by atoms with van der Waals surface area (Å²) in [5.41, 5.74) is 0. The number of urea groups is 1. The molecule has 1 aliphatic heterocycles. The molecule has 1 saturated heterocycles. The van der Waals surface area contributed by atoms with E-state index in [2.05, 4.69) is 14.7 Å². The summed E-state index contributed by atoms with van der Waals surface area (Å²) in [5, 5.41) is 4.20. The molecule has 7 heteroatoms. The van der Waals surface area contributed by atoms with Crippen LogP contribution in [0.2, 0.25) is 0 Å². The largest absolute Gasteiger partial charge is 0.323 e. The van der Waals surface area contributed by atoms with Gasteiger partial charge in [0, 0.05) is 29.0 Å². The second-order valence-electron chi connectivity index (χ2n) is 6.32. The zero-order valence-electron chi connectivity index (χ0n) is 13.4. The number of aromatic nitrogens is 2. The van der Waals surface area contributed by atoms with Crippen LogP contribution in [0.4, 0.5) is 9.93 Å². The van der Waals surface area contributed by atoms with Gasteiger partial charge in [-0.1, -0.05) is 24.6 Å². The van der Waals surface area contributed by atoms with Gasteiger partial charge in [0.1, 0.15) is 0 Å². The number of benzene rings is 1. The quantitative estimate of drug-likeness (QED) is 0.873. The Labute approximate surface area is 150 Å². The van der Waals surface area contributed by atoms with Gasteiger partial charge in [-0.25, -0.2) is 4.79 Å². The normalized spacial score (nSPS) is 20.8. The Morgan fingerprint density at radius 3 is 2.79 bits per heavy atom. The van der Waals surface area contributed by atoms with E-state index < -0.39 is 0 Å². The van der Waals surface area contributed by atoms with Crippen molar-refractivity contribution in [3.8, 4) is 0 Å². The van der Waals surface area contributed by atoms with E-state index in [0.29, 0.717) is 22.2 Å². The molecule has 1 aromatic heterocycles. The molecule has 126 valence electrons.